The standard InChI is InChI=1S/C16H18FN/c1-13-4-2-3-5-15(13)12-18-11-10-14-6-8-16(17)9-7-14/h2-9,18H,10-12H2,1H3. The summed E-state index contributed by atoms with van der Waals surface area (Å²) in [6.45, 7) is 3.91. The molecule has 2 rings (SSSR count). The van der Waals surface area contributed by atoms with Crippen molar-refractivity contribution in [3.63, 3.8) is 0 Å². The molecule has 0 spiro atoms. The molecular formula is C16H18FN. The summed E-state index contributed by atoms with van der Waals surface area (Å²) in [4.78, 5) is 0. The first-order valence-corrected chi connectivity index (χ1v) is 6.25. The van der Waals surface area contributed by atoms with Crippen LogP contribution in [0.3, 0.4) is 0 Å². The molecule has 0 fully saturated rings. The SMILES string of the molecule is Cc1ccccc1CNCCc1ccc(F)cc1. The van der Waals surface area contributed by atoms with Crippen molar-refractivity contribution in [3.05, 3.63) is 71.0 Å². The van der Waals surface area contributed by atoms with Crippen molar-refractivity contribution < 1.29 is 4.39 Å². The van der Waals surface area contributed by atoms with Crippen molar-refractivity contribution in [1.82, 2.24) is 5.32 Å². The summed E-state index contributed by atoms with van der Waals surface area (Å²) in [6.07, 6.45) is 0.923. The molecule has 0 aromatic heterocycles. The highest BCUT2D eigenvalue weighted by Crippen LogP contribution is 2.06. The van der Waals surface area contributed by atoms with E-state index in [0.717, 1.165) is 25.1 Å². The predicted octanol–water partition coefficient (Wildman–Crippen LogP) is 3.47. The number of nitrogens with one attached hydrogen (secondary N) is 1. The van der Waals surface area contributed by atoms with Crippen LogP contribution < -0.4 is 5.32 Å². The van der Waals surface area contributed by atoms with Crippen LogP contribution in [0.2, 0.25) is 0 Å². The normalized spacial score (nSPS) is 10.6. The Hall–Kier alpha value is -1.67. The van der Waals surface area contributed by atoms with Gasteiger partial charge >= 0.3 is 0 Å². The molecule has 2 aromatic rings. The molecule has 0 saturated carbocycles. The summed E-state index contributed by atoms with van der Waals surface area (Å²) < 4.78 is 12.7. The molecule has 2 heteroatoms. The first-order valence-electron chi connectivity index (χ1n) is 6.25. The van der Waals surface area contributed by atoms with E-state index >= 15 is 0 Å². The van der Waals surface area contributed by atoms with Gasteiger partial charge in [0.15, 0.2) is 0 Å². The quantitative estimate of drug-likeness (QED) is 0.793. The van der Waals surface area contributed by atoms with Gasteiger partial charge in [0.2, 0.25) is 0 Å². The fourth-order valence-electron chi connectivity index (χ4n) is 1.92. The summed E-state index contributed by atoms with van der Waals surface area (Å²) in [5, 5.41) is 3.41. The molecular weight excluding hydrogens is 225 g/mol. The third-order valence-corrected chi connectivity index (χ3v) is 3.08. The van der Waals surface area contributed by atoms with Crippen LogP contribution in [-0.4, -0.2) is 6.54 Å². The molecule has 18 heavy (non-hydrogen) atoms. The van der Waals surface area contributed by atoms with Gasteiger partial charge in [-0.2, -0.15) is 0 Å². The molecule has 0 bridgehead atoms. The minimum absolute atomic E-state index is 0.174. The number of hydrogen-bond donors (Lipinski definition) is 1. The van der Waals surface area contributed by atoms with Crippen LogP contribution in [-0.2, 0) is 13.0 Å². The van der Waals surface area contributed by atoms with Crippen molar-refractivity contribution in [2.75, 3.05) is 6.54 Å². The van der Waals surface area contributed by atoms with Crippen LogP contribution in [0.4, 0.5) is 4.39 Å². The average molecular weight is 243 g/mol. The van der Waals surface area contributed by atoms with Gasteiger partial charge in [-0.05, 0) is 48.7 Å². The van der Waals surface area contributed by atoms with E-state index in [0.29, 0.717) is 0 Å². The van der Waals surface area contributed by atoms with E-state index in [1.54, 1.807) is 0 Å². The third kappa shape index (κ3) is 3.67. The average Bonchev–Trinajstić information content (AvgIpc) is 2.39. The number of rotatable bonds is 5. The molecule has 0 unspecified atom stereocenters. The van der Waals surface area contributed by atoms with Gasteiger partial charge in [0.05, 0.1) is 0 Å². The van der Waals surface area contributed by atoms with Crippen LogP contribution in [0, 0.1) is 12.7 Å². The van der Waals surface area contributed by atoms with Gasteiger partial charge in [0.1, 0.15) is 5.82 Å². The van der Waals surface area contributed by atoms with Gasteiger partial charge in [0, 0.05) is 6.54 Å². The molecule has 0 amide bonds. The summed E-state index contributed by atoms with van der Waals surface area (Å²) in [7, 11) is 0. The highest BCUT2D eigenvalue weighted by Gasteiger charge is 1.97. The van der Waals surface area contributed by atoms with Crippen molar-refractivity contribution >= 4 is 0 Å². The number of halogens is 1. The Bertz CT molecular complexity index is 491. The summed E-state index contributed by atoms with van der Waals surface area (Å²) in [5.74, 6) is -0.174. The molecule has 0 atom stereocenters. The molecule has 2 aromatic carbocycles. The largest absolute Gasteiger partial charge is 0.312 e. The lowest BCUT2D eigenvalue weighted by Crippen LogP contribution is -2.17. The Labute approximate surface area is 108 Å². The minimum atomic E-state index is -0.174. The van der Waals surface area contributed by atoms with E-state index in [-0.39, 0.29) is 5.82 Å². The van der Waals surface area contributed by atoms with Gasteiger partial charge in [-0.3, -0.25) is 0 Å². The van der Waals surface area contributed by atoms with Gasteiger partial charge in [-0.15, -0.1) is 0 Å². The van der Waals surface area contributed by atoms with Crippen molar-refractivity contribution in [2.45, 2.75) is 19.9 Å². The van der Waals surface area contributed by atoms with E-state index < -0.39 is 0 Å². The van der Waals surface area contributed by atoms with Crippen molar-refractivity contribution in [2.24, 2.45) is 0 Å². The second-order valence-corrected chi connectivity index (χ2v) is 4.48. The molecule has 0 heterocycles. The van der Waals surface area contributed by atoms with Gasteiger partial charge < -0.3 is 5.32 Å². The molecule has 0 saturated heterocycles. The maximum atomic E-state index is 12.7. The van der Waals surface area contributed by atoms with E-state index in [9.17, 15) is 4.39 Å². The van der Waals surface area contributed by atoms with Crippen LogP contribution in [0.1, 0.15) is 16.7 Å². The van der Waals surface area contributed by atoms with Crippen molar-refractivity contribution in [3.8, 4) is 0 Å². The van der Waals surface area contributed by atoms with Crippen LogP contribution in [0.5, 0.6) is 0 Å². The number of benzene rings is 2. The second-order valence-electron chi connectivity index (χ2n) is 4.48. The van der Waals surface area contributed by atoms with Crippen LogP contribution >= 0.6 is 0 Å². The fourth-order valence-corrected chi connectivity index (χ4v) is 1.92. The number of hydrogen-bond acceptors (Lipinski definition) is 1. The van der Waals surface area contributed by atoms with Gasteiger partial charge in [-0.1, -0.05) is 36.4 Å². The highest BCUT2D eigenvalue weighted by molar-refractivity contribution is 5.25. The van der Waals surface area contributed by atoms with Gasteiger partial charge in [-0.25, -0.2) is 4.39 Å². The van der Waals surface area contributed by atoms with Gasteiger partial charge in [0.25, 0.3) is 0 Å². The topological polar surface area (TPSA) is 12.0 Å². The highest BCUT2D eigenvalue weighted by atomic mass is 19.1. The predicted molar refractivity (Wildman–Crippen MR) is 73.0 cm³/mol. The van der Waals surface area contributed by atoms with Crippen molar-refractivity contribution in [1.29, 1.82) is 0 Å². The lowest BCUT2D eigenvalue weighted by atomic mass is 10.1. The Kier molecular flexibility index (Phi) is 4.48. The monoisotopic (exact) mass is 243 g/mol. The summed E-state index contributed by atoms with van der Waals surface area (Å²) >= 11 is 0. The Balaban J connectivity index is 1.76. The summed E-state index contributed by atoms with van der Waals surface area (Å²) in [6, 6.07) is 15.1. The molecule has 0 aliphatic rings. The summed E-state index contributed by atoms with van der Waals surface area (Å²) in [5.41, 5.74) is 3.80. The maximum absolute atomic E-state index is 12.7. The zero-order valence-corrected chi connectivity index (χ0v) is 10.6. The smallest absolute Gasteiger partial charge is 0.123 e. The molecule has 94 valence electrons. The lowest BCUT2D eigenvalue weighted by molar-refractivity contribution is 0.626. The zero-order valence-electron chi connectivity index (χ0n) is 10.6. The maximum Gasteiger partial charge on any atom is 0.123 e. The molecule has 0 aliphatic carbocycles. The van der Waals surface area contributed by atoms with Crippen LogP contribution in [0.25, 0.3) is 0 Å². The minimum Gasteiger partial charge on any atom is -0.312 e. The zero-order chi connectivity index (χ0) is 12.8. The molecule has 0 aliphatic heterocycles. The Morgan fingerprint density at radius 3 is 2.44 bits per heavy atom. The fraction of sp³-hybridized carbons (Fsp3) is 0.250. The molecule has 1 N–H and O–H groups in total. The number of aryl methyl sites for hydroxylation is 1. The lowest BCUT2D eigenvalue weighted by Gasteiger charge is -2.07. The van der Waals surface area contributed by atoms with E-state index in [1.165, 1.54) is 23.3 Å². The Morgan fingerprint density at radius 2 is 1.72 bits per heavy atom. The molecule has 0 radical (unpaired) electrons. The van der Waals surface area contributed by atoms with Crippen LogP contribution in [0.15, 0.2) is 48.5 Å². The van der Waals surface area contributed by atoms with E-state index in [1.807, 2.05) is 12.1 Å². The Morgan fingerprint density at radius 1 is 1.00 bits per heavy atom. The molecule has 1 nitrogen and oxygen atoms in total. The van der Waals surface area contributed by atoms with E-state index in [2.05, 4.69) is 36.5 Å². The third-order valence-electron chi connectivity index (χ3n) is 3.08. The second kappa shape index (κ2) is 6.31. The van der Waals surface area contributed by atoms with E-state index in [4.69, 9.17) is 0 Å². The first kappa shape index (κ1) is 12.8. The first-order chi connectivity index (χ1) is 8.75.